The molecule has 0 atom stereocenters. The van der Waals surface area contributed by atoms with Crippen molar-refractivity contribution in [3.8, 4) is 0 Å². The molecule has 0 fully saturated rings. The molecular weight excluding hydrogens is 372 g/mol. The Balaban J connectivity index is 1.77. The van der Waals surface area contributed by atoms with Crippen molar-refractivity contribution in [2.45, 2.75) is 19.8 Å². The summed E-state index contributed by atoms with van der Waals surface area (Å²) >= 11 is 6.13. The van der Waals surface area contributed by atoms with Crippen LogP contribution in [0.15, 0.2) is 42.5 Å². The van der Waals surface area contributed by atoms with E-state index in [2.05, 4.69) is 0 Å². The van der Waals surface area contributed by atoms with E-state index in [1.165, 1.54) is 4.31 Å². The Hall–Kier alpha value is -2.05. The lowest BCUT2D eigenvalue weighted by Crippen LogP contribution is -2.36. The van der Waals surface area contributed by atoms with Crippen molar-refractivity contribution in [3.63, 3.8) is 0 Å². The number of anilines is 2. The molecule has 0 saturated heterocycles. The number of nitrogens with zero attached hydrogens (tertiary/aromatic N) is 2. The summed E-state index contributed by atoms with van der Waals surface area (Å²) in [7, 11) is -3.52. The lowest BCUT2D eigenvalue weighted by Gasteiger charge is -2.24. The predicted octanol–water partition coefficient (Wildman–Crippen LogP) is 3.39. The van der Waals surface area contributed by atoms with E-state index in [0.717, 1.165) is 29.5 Å². The number of fused-ring (bicyclic) bond motifs is 1. The second-order valence-electron chi connectivity index (χ2n) is 6.44. The first kappa shape index (κ1) is 18.7. The molecular formula is C19H21ClN2O3S. The number of amides is 1. The van der Waals surface area contributed by atoms with Crippen LogP contribution in [0, 0.1) is 6.92 Å². The third-order valence-electron chi connectivity index (χ3n) is 4.56. The number of sulfonamides is 1. The fourth-order valence-corrected chi connectivity index (χ4v) is 4.25. The van der Waals surface area contributed by atoms with Crippen molar-refractivity contribution < 1.29 is 13.2 Å². The summed E-state index contributed by atoms with van der Waals surface area (Å²) in [6.45, 7) is 2.56. The van der Waals surface area contributed by atoms with Crippen LogP contribution in [0.1, 0.15) is 17.5 Å². The SMILES string of the molecule is Cc1ccc(N(CCC(=O)N2CCc3ccccc32)S(C)(=O)=O)cc1Cl. The number of benzene rings is 2. The van der Waals surface area contributed by atoms with Crippen LogP contribution in [0.25, 0.3) is 0 Å². The van der Waals surface area contributed by atoms with Gasteiger partial charge in [-0.15, -0.1) is 0 Å². The van der Waals surface area contributed by atoms with Gasteiger partial charge in [0, 0.05) is 30.2 Å². The number of halogens is 1. The van der Waals surface area contributed by atoms with E-state index in [4.69, 9.17) is 11.6 Å². The molecule has 0 spiro atoms. The highest BCUT2D eigenvalue weighted by Gasteiger charge is 2.26. The Bertz CT molecular complexity index is 944. The first-order chi connectivity index (χ1) is 12.3. The minimum atomic E-state index is -3.52. The van der Waals surface area contributed by atoms with Gasteiger partial charge in [0.2, 0.25) is 15.9 Å². The van der Waals surface area contributed by atoms with E-state index in [1.807, 2.05) is 31.2 Å². The summed E-state index contributed by atoms with van der Waals surface area (Å²) in [4.78, 5) is 14.4. The van der Waals surface area contributed by atoms with Crippen molar-refractivity contribution >= 4 is 38.9 Å². The molecule has 0 aromatic heterocycles. The van der Waals surface area contributed by atoms with Gasteiger partial charge in [0.15, 0.2) is 0 Å². The minimum absolute atomic E-state index is 0.0791. The Labute approximate surface area is 159 Å². The van der Waals surface area contributed by atoms with Crippen molar-refractivity contribution in [3.05, 3.63) is 58.6 Å². The highest BCUT2D eigenvalue weighted by atomic mass is 35.5. The lowest BCUT2D eigenvalue weighted by molar-refractivity contribution is -0.118. The maximum Gasteiger partial charge on any atom is 0.232 e. The zero-order valence-corrected chi connectivity index (χ0v) is 16.3. The van der Waals surface area contributed by atoms with E-state index >= 15 is 0 Å². The Morgan fingerprint density at radius 1 is 1.23 bits per heavy atom. The van der Waals surface area contributed by atoms with Gasteiger partial charge in [-0.2, -0.15) is 0 Å². The standard InChI is InChI=1S/C19H21ClN2O3S/c1-14-7-8-16(13-17(14)20)22(26(2,24)25)12-10-19(23)21-11-9-15-5-3-4-6-18(15)21/h3-8,13H,9-12H2,1-2H3. The van der Waals surface area contributed by atoms with Crippen LogP contribution >= 0.6 is 11.6 Å². The zero-order chi connectivity index (χ0) is 18.9. The van der Waals surface area contributed by atoms with Gasteiger partial charge in [-0.3, -0.25) is 9.10 Å². The fourth-order valence-electron chi connectivity index (χ4n) is 3.15. The molecule has 1 amide bonds. The molecule has 138 valence electrons. The van der Waals surface area contributed by atoms with E-state index in [9.17, 15) is 13.2 Å². The molecule has 3 rings (SSSR count). The number of rotatable bonds is 5. The van der Waals surface area contributed by atoms with Crippen molar-refractivity contribution in [2.24, 2.45) is 0 Å². The van der Waals surface area contributed by atoms with Crippen LogP contribution in [0.3, 0.4) is 0 Å². The largest absolute Gasteiger partial charge is 0.312 e. The molecule has 1 heterocycles. The Kier molecular flexibility index (Phi) is 5.25. The minimum Gasteiger partial charge on any atom is -0.312 e. The number of carbonyl (C=O) groups excluding carboxylic acids is 1. The van der Waals surface area contributed by atoms with Crippen molar-refractivity contribution in [1.82, 2.24) is 0 Å². The molecule has 0 unspecified atom stereocenters. The third-order valence-corrected chi connectivity index (χ3v) is 6.16. The molecule has 1 aliphatic heterocycles. The Morgan fingerprint density at radius 3 is 2.65 bits per heavy atom. The third kappa shape index (κ3) is 3.86. The number of aryl methyl sites for hydroxylation is 1. The first-order valence-electron chi connectivity index (χ1n) is 8.39. The molecule has 26 heavy (non-hydrogen) atoms. The molecule has 0 radical (unpaired) electrons. The van der Waals surface area contributed by atoms with Crippen LogP contribution in [-0.2, 0) is 21.2 Å². The summed E-state index contributed by atoms with van der Waals surface area (Å²) in [5.74, 6) is -0.0817. The summed E-state index contributed by atoms with van der Waals surface area (Å²) < 4.78 is 25.7. The summed E-state index contributed by atoms with van der Waals surface area (Å²) in [5.41, 5.74) is 3.40. The highest BCUT2D eigenvalue weighted by molar-refractivity contribution is 7.92. The molecule has 0 N–H and O–H groups in total. The van der Waals surface area contributed by atoms with Crippen molar-refractivity contribution in [2.75, 3.05) is 28.6 Å². The van der Waals surface area contributed by atoms with Crippen LogP contribution in [0.5, 0.6) is 0 Å². The number of para-hydroxylation sites is 1. The van der Waals surface area contributed by atoms with E-state index in [-0.39, 0.29) is 18.9 Å². The second kappa shape index (κ2) is 7.29. The van der Waals surface area contributed by atoms with Gasteiger partial charge >= 0.3 is 0 Å². The number of carbonyl (C=O) groups is 1. The van der Waals surface area contributed by atoms with E-state index in [1.54, 1.807) is 23.1 Å². The zero-order valence-electron chi connectivity index (χ0n) is 14.8. The first-order valence-corrected chi connectivity index (χ1v) is 10.6. The molecule has 5 nitrogen and oxygen atoms in total. The summed E-state index contributed by atoms with van der Waals surface area (Å²) in [6.07, 6.45) is 2.06. The molecule has 2 aromatic carbocycles. The number of hydrogen-bond donors (Lipinski definition) is 0. The van der Waals surface area contributed by atoms with Crippen LogP contribution < -0.4 is 9.21 Å². The van der Waals surface area contributed by atoms with Crippen LogP contribution in [0.4, 0.5) is 11.4 Å². The highest BCUT2D eigenvalue weighted by Crippen LogP contribution is 2.29. The van der Waals surface area contributed by atoms with Gasteiger partial charge in [-0.05, 0) is 42.7 Å². The molecule has 0 aliphatic carbocycles. The lowest BCUT2D eigenvalue weighted by atomic mass is 10.2. The molecule has 2 aromatic rings. The topological polar surface area (TPSA) is 57.7 Å². The maximum absolute atomic E-state index is 12.7. The van der Waals surface area contributed by atoms with Gasteiger partial charge in [0.1, 0.15) is 0 Å². The van der Waals surface area contributed by atoms with Gasteiger partial charge in [-0.1, -0.05) is 35.9 Å². The maximum atomic E-state index is 12.7. The van der Waals surface area contributed by atoms with Gasteiger partial charge in [0.25, 0.3) is 0 Å². The van der Waals surface area contributed by atoms with Gasteiger partial charge in [-0.25, -0.2) is 8.42 Å². The normalized spacial score (nSPS) is 13.6. The quantitative estimate of drug-likeness (QED) is 0.783. The van der Waals surface area contributed by atoms with Gasteiger partial charge in [0.05, 0.1) is 11.9 Å². The smallest absolute Gasteiger partial charge is 0.232 e. The fraction of sp³-hybridized carbons (Fsp3) is 0.316. The predicted molar refractivity (Wildman–Crippen MR) is 105 cm³/mol. The second-order valence-corrected chi connectivity index (χ2v) is 8.76. The average molecular weight is 393 g/mol. The summed E-state index contributed by atoms with van der Waals surface area (Å²) in [6, 6.07) is 12.9. The van der Waals surface area contributed by atoms with E-state index < -0.39 is 10.0 Å². The van der Waals surface area contributed by atoms with E-state index in [0.29, 0.717) is 17.3 Å². The van der Waals surface area contributed by atoms with Crippen LogP contribution in [-0.4, -0.2) is 33.7 Å². The summed E-state index contributed by atoms with van der Waals surface area (Å²) in [5, 5.41) is 0.496. The molecule has 7 heteroatoms. The van der Waals surface area contributed by atoms with Gasteiger partial charge < -0.3 is 4.90 Å². The monoisotopic (exact) mass is 392 g/mol. The van der Waals surface area contributed by atoms with Crippen molar-refractivity contribution in [1.29, 1.82) is 0 Å². The molecule has 0 saturated carbocycles. The average Bonchev–Trinajstić information content (AvgIpc) is 3.01. The number of hydrogen-bond acceptors (Lipinski definition) is 3. The Morgan fingerprint density at radius 2 is 1.96 bits per heavy atom. The molecule has 1 aliphatic rings. The molecule has 0 bridgehead atoms. The van der Waals surface area contributed by atoms with Crippen LogP contribution in [0.2, 0.25) is 5.02 Å².